The van der Waals surface area contributed by atoms with Crippen molar-refractivity contribution in [2.45, 2.75) is 59.5 Å². The highest BCUT2D eigenvalue weighted by molar-refractivity contribution is 5.87. The van der Waals surface area contributed by atoms with E-state index in [2.05, 4.69) is 5.32 Å². The minimum atomic E-state index is -0.556. The van der Waals surface area contributed by atoms with Crippen LogP contribution in [0.15, 0.2) is 48.5 Å². The summed E-state index contributed by atoms with van der Waals surface area (Å²) in [6, 6.07) is 13.6. The number of nitrogens with one attached hydrogen (secondary N) is 1. The highest BCUT2D eigenvalue weighted by atomic mass is 19.1. The van der Waals surface area contributed by atoms with Crippen LogP contribution in [0.5, 0.6) is 0 Å². The van der Waals surface area contributed by atoms with Crippen molar-refractivity contribution in [3.05, 3.63) is 71.0 Å². The molecule has 162 valence electrons. The van der Waals surface area contributed by atoms with Gasteiger partial charge < -0.3 is 10.2 Å². The van der Waals surface area contributed by atoms with Gasteiger partial charge in [-0.15, -0.1) is 0 Å². The van der Waals surface area contributed by atoms with Gasteiger partial charge >= 0.3 is 0 Å². The van der Waals surface area contributed by atoms with Crippen LogP contribution in [0.2, 0.25) is 0 Å². The van der Waals surface area contributed by atoms with E-state index in [1.165, 1.54) is 17.7 Å². The van der Waals surface area contributed by atoms with Crippen LogP contribution in [0.3, 0.4) is 0 Å². The standard InChI is InChI=1S/C25H33FN2O2/c1-5-23(25(30)27-16-18(2)3)28(17-21-10-13-22(26)14-11-21)24(29)15-12-20-8-6-19(4)7-9-20/h6-11,13-14,18,23H,5,12,15-17H2,1-4H3,(H,27,30). The summed E-state index contributed by atoms with van der Waals surface area (Å²) in [7, 11) is 0. The molecule has 0 spiro atoms. The molecule has 0 saturated heterocycles. The molecule has 2 aromatic rings. The molecule has 2 aromatic carbocycles. The molecule has 2 amide bonds. The number of nitrogens with zero attached hydrogens (tertiary/aromatic N) is 1. The fraction of sp³-hybridized carbons (Fsp3) is 0.440. The second kappa shape index (κ2) is 11.5. The number of halogens is 1. The fourth-order valence-electron chi connectivity index (χ4n) is 3.28. The van der Waals surface area contributed by atoms with E-state index in [4.69, 9.17) is 0 Å². The third-order valence-corrected chi connectivity index (χ3v) is 5.08. The van der Waals surface area contributed by atoms with Crippen LogP contribution in [-0.2, 0) is 22.6 Å². The number of hydrogen-bond donors (Lipinski definition) is 1. The molecular weight excluding hydrogens is 379 g/mol. The molecule has 0 aliphatic rings. The molecule has 0 saturated carbocycles. The topological polar surface area (TPSA) is 49.4 Å². The molecule has 0 heterocycles. The van der Waals surface area contributed by atoms with Gasteiger partial charge in [0.1, 0.15) is 11.9 Å². The lowest BCUT2D eigenvalue weighted by atomic mass is 10.0. The molecule has 0 bridgehead atoms. The minimum absolute atomic E-state index is 0.0774. The Labute approximate surface area is 179 Å². The molecule has 5 heteroatoms. The van der Waals surface area contributed by atoms with Crippen molar-refractivity contribution in [3.63, 3.8) is 0 Å². The van der Waals surface area contributed by atoms with Gasteiger partial charge in [0.25, 0.3) is 0 Å². The average molecular weight is 413 g/mol. The maximum Gasteiger partial charge on any atom is 0.242 e. The predicted octanol–water partition coefficient (Wildman–Crippen LogP) is 4.65. The predicted molar refractivity (Wildman–Crippen MR) is 118 cm³/mol. The third-order valence-electron chi connectivity index (χ3n) is 5.08. The lowest BCUT2D eigenvalue weighted by Gasteiger charge is -2.31. The van der Waals surface area contributed by atoms with Gasteiger partial charge in [-0.05, 0) is 48.9 Å². The number of benzene rings is 2. The molecule has 0 aliphatic heterocycles. The van der Waals surface area contributed by atoms with Crippen molar-refractivity contribution in [1.82, 2.24) is 10.2 Å². The molecule has 0 aliphatic carbocycles. The van der Waals surface area contributed by atoms with Gasteiger partial charge in [0.05, 0.1) is 0 Å². The molecule has 1 atom stereocenters. The van der Waals surface area contributed by atoms with Crippen molar-refractivity contribution < 1.29 is 14.0 Å². The van der Waals surface area contributed by atoms with E-state index in [9.17, 15) is 14.0 Å². The lowest BCUT2D eigenvalue weighted by Crippen LogP contribution is -2.49. The number of amides is 2. The summed E-state index contributed by atoms with van der Waals surface area (Å²) in [6.07, 6.45) is 1.45. The molecule has 1 unspecified atom stereocenters. The number of hydrogen-bond acceptors (Lipinski definition) is 2. The van der Waals surface area contributed by atoms with Crippen molar-refractivity contribution in [2.24, 2.45) is 5.92 Å². The summed E-state index contributed by atoms with van der Waals surface area (Å²) in [4.78, 5) is 27.6. The first-order valence-electron chi connectivity index (χ1n) is 10.7. The Morgan fingerprint density at radius 1 is 1.00 bits per heavy atom. The van der Waals surface area contributed by atoms with Crippen LogP contribution in [0.1, 0.15) is 50.3 Å². The van der Waals surface area contributed by atoms with Gasteiger partial charge in [0, 0.05) is 19.5 Å². The van der Waals surface area contributed by atoms with Crippen molar-refractivity contribution in [1.29, 1.82) is 0 Å². The van der Waals surface area contributed by atoms with Crippen LogP contribution < -0.4 is 5.32 Å². The van der Waals surface area contributed by atoms with Crippen LogP contribution in [0, 0.1) is 18.7 Å². The van der Waals surface area contributed by atoms with Crippen molar-refractivity contribution >= 4 is 11.8 Å². The summed E-state index contributed by atoms with van der Waals surface area (Å²) in [5, 5.41) is 2.95. The van der Waals surface area contributed by atoms with E-state index in [0.29, 0.717) is 31.7 Å². The monoisotopic (exact) mass is 412 g/mol. The van der Waals surface area contributed by atoms with Crippen LogP contribution >= 0.6 is 0 Å². The molecule has 1 N–H and O–H groups in total. The first-order chi connectivity index (χ1) is 14.3. The number of carbonyl (C=O) groups is 2. The van der Waals surface area contributed by atoms with Crippen molar-refractivity contribution in [3.8, 4) is 0 Å². The summed E-state index contributed by atoms with van der Waals surface area (Å²) in [6.45, 7) is 8.85. The molecule has 0 fully saturated rings. The Morgan fingerprint density at radius 2 is 1.60 bits per heavy atom. The number of aryl methyl sites for hydroxylation is 2. The Hall–Kier alpha value is -2.69. The van der Waals surface area contributed by atoms with Crippen LogP contribution in [0.4, 0.5) is 4.39 Å². The quantitative estimate of drug-likeness (QED) is 0.618. The normalized spacial score (nSPS) is 11.9. The lowest BCUT2D eigenvalue weighted by molar-refractivity contribution is -0.141. The SMILES string of the molecule is CCC(C(=O)NCC(C)C)N(Cc1ccc(F)cc1)C(=O)CCc1ccc(C)cc1. The van der Waals surface area contributed by atoms with E-state index >= 15 is 0 Å². The van der Waals surface area contributed by atoms with E-state index in [0.717, 1.165) is 11.1 Å². The van der Waals surface area contributed by atoms with Gasteiger partial charge in [-0.2, -0.15) is 0 Å². The van der Waals surface area contributed by atoms with Gasteiger partial charge in [0.2, 0.25) is 11.8 Å². The highest BCUT2D eigenvalue weighted by Gasteiger charge is 2.28. The zero-order chi connectivity index (χ0) is 22.1. The summed E-state index contributed by atoms with van der Waals surface area (Å²) >= 11 is 0. The Balaban J connectivity index is 2.17. The highest BCUT2D eigenvalue weighted by Crippen LogP contribution is 2.16. The Bertz CT molecular complexity index is 816. The first kappa shape index (κ1) is 23.6. The first-order valence-corrected chi connectivity index (χ1v) is 10.7. The zero-order valence-corrected chi connectivity index (χ0v) is 18.5. The second-order valence-corrected chi connectivity index (χ2v) is 8.20. The van der Waals surface area contributed by atoms with Gasteiger partial charge in [-0.25, -0.2) is 4.39 Å². The van der Waals surface area contributed by atoms with E-state index in [1.807, 2.05) is 52.0 Å². The largest absolute Gasteiger partial charge is 0.354 e. The van der Waals surface area contributed by atoms with E-state index < -0.39 is 6.04 Å². The summed E-state index contributed by atoms with van der Waals surface area (Å²) in [5.74, 6) is -0.213. The summed E-state index contributed by atoms with van der Waals surface area (Å²) in [5.41, 5.74) is 3.07. The third kappa shape index (κ3) is 7.29. The number of carbonyl (C=O) groups excluding carboxylic acids is 2. The van der Waals surface area contributed by atoms with E-state index in [-0.39, 0.29) is 24.2 Å². The smallest absolute Gasteiger partial charge is 0.242 e. The van der Waals surface area contributed by atoms with E-state index in [1.54, 1.807) is 17.0 Å². The van der Waals surface area contributed by atoms with Crippen molar-refractivity contribution in [2.75, 3.05) is 6.54 Å². The van der Waals surface area contributed by atoms with Gasteiger partial charge in [-0.3, -0.25) is 9.59 Å². The maximum atomic E-state index is 13.3. The molecular formula is C25H33FN2O2. The van der Waals surface area contributed by atoms with Gasteiger partial charge in [0.15, 0.2) is 0 Å². The molecule has 0 aromatic heterocycles. The fourth-order valence-corrected chi connectivity index (χ4v) is 3.28. The number of rotatable bonds is 10. The molecule has 2 rings (SSSR count). The van der Waals surface area contributed by atoms with Crippen LogP contribution in [0.25, 0.3) is 0 Å². The maximum absolute atomic E-state index is 13.3. The second-order valence-electron chi connectivity index (χ2n) is 8.20. The molecule has 30 heavy (non-hydrogen) atoms. The van der Waals surface area contributed by atoms with Crippen LogP contribution in [-0.4, -0.2) is 29.3 Å². The van der Waals surface area contributed by atoms with Gasteiger partial charge in [-0.1, -0.05) is 62.7 Å². The summed E-state index contributed by atoms with van der Waals surface area (Å²) < 4.78 is 13.3. The minimum Gasteiger partial charge on any atom is -0.354 e. The average Bonchev–Trinajstić information content (AvgIpc) is 2.72. The Kier molecular flexibility index (Phi) is 9.03. The Morgan fingerprint density at radius 3 is 2.17 bits per heavy atom. The zero-order valence-electron chi connectivity index (χ0n) is 18.5. The molecule has 0 radical (unpaired) electrons. The molecule has 4 nitrogen and oxygen atoms in total.